The van der Waals surface area contributed by atoms with E-state index in [1.54, 1.807) is 24.3 Å². The van der Waals surface area contributed by atoms with Crippen LogP contribution in [0.2, 0.25) is 5.02 Å². The van der Waals surface area contributed by atoms with Gasteiger partial charge >= 0.3 is 0 Å². The van der Waals surface area contributed by atoms with Gasteiger partial charge in [0.05, 0.1) is 4.90 Å². The van der Waals surface area contributed by atoms with Gasteiger partial charge in [-0.15, -0.1) is 0 Å². The van der Waals surface area contributed by atoms with Crippen molar-refractivity contribution in [3.05, 3.63) is 64.7 Å². The third-order valence-corrected chi connectivity index (χ3v) is 3.64. The minimum atomic E-state index is -4.24. The molecule has 0 aliphatic rings. The lowest BCUT2D eigenvalue weighted by molar-refractivity contribution is 0.103. The Kier molecular flexibility index (Phi) is 3.71. The van der Waals surface area contributed by atoms with Gasteiger partial charge in [0.25, 0.3) is 10.1 Å². The van der Waals surface area contributed by atoms with E-state index in [9.17, 15) is 13.2 Å². The Morgan fingerprint density at radius 3 is 1.74 bits per heavy atom. The number of halogens is 1. The first-order valence-electron chi connectivity index (χ1n) is 5.26. The van der Waals surface area contributed by atoms with Crippen LogP contribution >= 0.6 is 11.6 Å². The van der Waals surface area contributed by atoms with Crippen LogP contribution in [0, 0.1) is 0 Å². The van der Waals surface area contributed by atoms with Gasteiger partial charge in [-0.05, 0) is 48.5 Å². The third-order valence-electron chi connectivity index (χ3n) is 2.52. The summed E-state index contributed by atoms with van der Waals surface area (Å²) in [5.74, 6) is -0.251. The Bertz CT molecular complexity index is 703. The summed E-state index contributed by atoms with van der Waals surface area (Å²) in [6.45, 7) is 0. The molecular weight excluding hydrogens is 288 g/mol. The van der Waals surface area contributed by atoms with Crippen LogP contribution in [-0.4, -0.2) is 18.8 Å². The summed E-state index contributed by atoms with van der Waals surface area (Å²) >= 11 is 5.73. The van der Waals surface area contributed by atoms with Gasteiger partial charge in [-0.2, -0.15) is 8.42 Å². The molecule has 2 aromatic rings. The van der Waals surface area contributed by atoms with E-state index in [-0.39, 0.29) is 10.7 Å². The summed E-state index contributed by atoms with van der Waals surface area (Å²) < 4.78 is 30.6. The Hall–Kier alpha value is -1.69. The van der Waals surface area contributed by atoms with Crippen molar-refractivity contribution in [2.24, 2.45) is 0 Å². The molecule has 0 spiro atoms. The van der Waals surface area contributed by atoms with Crippen LogP contribution in [0.4, 0.5) is 0 Å². The van der Waals surface area contributed by atoms with Gasteiger partial charge in [-0.25, -0.2) is 0 Å². The molecule has 0 aliphatic carbocycles. The topological polar surface area (TPSA) is 71.4 Å². The molecule has 19 heavy (non-hydrogen) atoms. The second-order valence-corrected chi connectivity index (χ2v) is 5.69. The summed E-state index contributed by atoms with van der Waals surface area (Å²) in [4.78, 5) is 11.8. The van der Waals surface area contributed by atoms with E-state index in [0.717, 1.165) is 0 Å². The normalized spacial score (nSPS) is 11.3. The predicted molar refractivity (Wildman–Crippen MR) is 71.1 cm³/mol. The van der Waals surface area contributed by atoms with Crippen LogP contribution in [0.1, 0.15) is 15.9 Å². The molecule has 2 rings (SSSR count). The molecule has 0 amide bonds. The highest BCUT2D eigenvalue weighted by Crippen LogP contribution is 2.16. The third kappa shape index (κ3) is 3.20. The van der Waals surface area contributed by atoms with Gasteiger partial charge in [0, 0.05) is 16.1 Å². The molecule has 4 nitrogen and oxygen atoms in total. The number of hydrogen-bond acceptors (Lipinski definition) is 3. The predicted octanol–water partition coefficient (Wildman–Crippen LogP) is 2.82. The van der Waals surface area contributed by atoms with Crippen molar-refractivity contribution in [2.75, 3.05) is 0 Å². The van der Waals surface area contributed by atoms with Gasteiger partial charge in [-0.3, -0.25) is 9.35 Å². The van der Waals surface area contributed by atoms with Gasteiger partial charge in [0.2, 0.25) is 0 Å². The van der Waals surface area contributed by atoms with Crippen molar-refractivity contribution >= 4 is 27.5 Å². The summed E-state index contributed by atoms with van der Waals surface area (Å²) in [6.07, 6.45) is 0. The Morgan fingerprint density at radius 2 is 1.32 bits per heavy atom. The Morgan fingerprint density at radius 1 is 0.895 bits per heavy atom. The van der Waals surface area contributed by atoms with Crippen molar-refractivity contribution in [1.29, 1.82) is 0 Å². The van der Waals surface area contributed by atoms with E-state index in [1.165, 1.54) is 24.3 Å². The quantitative estimate of drug-likeness (QED) is 0.698. The number of carbonyl (C=O) groups excluding carboxylic acids is 1. The first-order valence-corrected chi connectivity index (χ1v) is 7.07. The Labute approximate surface area is 115 Å². The van der Waals surface area contributed by atoms with E-state index < -0.39 is 10.1 Å². The molecule has 0 heterocycles. The lowest BCUT2D eigenvalue weighted by Crippen LogP contribution is -2.03. The zero-order chi connectivity index (χ0) is 14.0. The van der Waals surface area contributed by atoms with Gasteiger partial charge in [-0.1, -0.05) is 11.6 Å². The minimum absolute atomic E-state index is 0.250. The van der Waals surface area contributed by atoms with Crippen LogP contribution in [0.25, 0.3) is 0 Å². The monoisotopic (exact) mass is 296 g/mol. The van der Waals surface area contributed by atoms with E-state index in [1.807, 2.05) is 0 Å². The van der Waals surface area contributed by atoms with Crippen molar-refractivity contribution in [1.82, 2.24) is 0 Å². The minimum Gasteiger partial charge on any atom is -0.289 e. The molecule has 0 aliphatic heterocycles. The summed E-state index contributed by atoms with van der Waals surface area (Å²) in [5, 5.41) is 0.526. The maximum absolute atomic E-state index is 12.1. The molecule has 6 heteroatoms. The molecular formula is C13H9ClO4S. The highest BCUT2D eigenvalue weighted by Gasteiger charge is 2.12. The summed E-state index contributed by atoms with van der Waals surface area (Å²) in [6, 6.07) is 11.4. The maximum atomic E-state index is 12.1. The number of hydrogen-bond donors (Lipinski definition) is 1. The zero-order valence-corrected chi connectivity index (χ0v) is 11.1. The lowest BCUT2D eigenvalue weighted by Gasteiger charge is -2.02. The number of rotatable bonds is 3. The fraction of sp³-hybridized carbons (Fsp3) is 0. The van der Waals surface area contributed by atoms with Crippen LogP contribution in [0.5, 0.6) is 0 Å². The van der Waals surface area contributed by atoms with E-state index in [2.05, 4.69) is 0 Å². The standard InChI is InChI=1S/C13H9ClO4S/c14-11-5-1-9(2-6-11)13(15)10-3-7-12(8-4-10)19(16,17)18/h1-8H,(H,16,17,18). The van der Waals surface area contributed by atoms with Crippen LogP contribution in [0.15, 0.2) is 53.4 Å². The molecule has 0 fully saturated rings. The molecule has 1 N–H and O–H groups in total. The molecule has 0 unspecified atom stereocenters. The average molecular weight is 297 g/mol. The van der Waals surface area contributed by atoms with Gasteiger partial charge < -0.3 is 0 Å². The van der Waals surface area contributed by atoms with Crippen LogP contribution < -0.4 is 0 Å². The molecule has 0 saturated carbocycles. The van der Waals surface area contributed by atoms with Crippen molar-refractivity contribution in [2.45, 2.75) is 4.90 Å². The number of carbonyl (C=O) groups is 1. The van der Waals surface area contributed by atoms with Gasteiger partial charge in [0.1, 0.15) is 0 Å². The second-order valence-electron chi connectivity index (χ2n) is 3.84. The highest BCUT2D eigenvalue weighted by molar-refractivity contribution is 7.85. The summed E-state index contributed by atoms with van der Waals surface area (Å²) in [7, 11) is -4.24. The van der Waals surface area contributed by atoms with Crippen LogP contribution in [0.3, 0.4) is 0 Å². The first-order chi connectivity index (χ1) is 8.88. The maximum Gasteiger partial charge on any atom is 0.294 e. The lowest BCUT2D eigenvalue weighted by atomic mass is 10.0. The van der Waals surface area contributed by atoms with Crippen molar-refractivity contribution in [3.63, 3.8) is 0 Å². The highest BCUT2D eigenvalue weighted by atomic mass is 35.5. The molecule has 2 aromatic carbocycles. The SMILES string of the molecule is O=C(c1ccc(Cl)cc1)c1ccc(S(=O)(=O)O)cc1. The van der Waals surface area contributed by atoms with Crippen LogP contribution in [-0.2, 0) is 10.1 Å². The average Bonchev–Trinajstić information content (AvgIpc) is 2.38. The molecule has 0 radical (unpaired) electrons. The van der Waals surface area contributed by atoms with Crippen molar-refractivity contribution in [3.8, 4) is 0 Å². The van der Waals surface area contributed by atoms with E-state index in [0.29, 0.717) is 16.1 Å². The first kappa shape index (κ1) is 13.7. The largest absolute Gasteiger partial charge is 0.294 e. The molecule has 0 saturated heterocycles. The smallest absolute Gasteiger partial charge is 0.289 e. The summed E-state index contributed by atoms with van der Waals surface area (Å²) in [5.41, 5.74) is 0.777. The Balaban J connectivity index is 2.32. The fourth-order valence-corrected chi connectivity index (χ4v) is 2.15. The second kappa shape index (κ2) is 5.13. The number of benzene rings is 2. The molecule has 0 bridgehead atoms. The fourth-order valence-electron chi connectivity index (χ4n) is 1.55. The van der Waals surface area contributed by atoms with Crippen molar-refractivity contribution < 1.29 is 17.8 Å². The van der Waals surface area contributed by atoms with E-state index >= 15 is 0 Å². The molecule has 0 atom stereocenters. The number of ketones is 1. The zero-order valence-electron chi connectivity index (χ0n) is 9.58. The molecule has 0 aromatic heterocycles. The molecule has 98 valence electrons. The van der Waals surface area contributed by atoms with Gasteiger partial charge in [0.15, 0.2) is 5.78 Å². The van der Waals surface area contributed by atoms with E-state index in [4.69, 9.17) is 16.2 Å².